The summed E-state index contributed by atoms with van der Waals surface area (Å²) in [5, 5.41) is 13.8. The summed E-state index contributed by atoms with van der Waals surface area (Å²) in [5.74, 6) is -1.27. The van der Waals surface area contributed by atoms with Gasteiger partial charge in [-0.2, -0.15) is 0 Å². The van der Waals surface area contributed by atoms with E-state index in [9.17, 15) is 14.4 Å². The topological polar surface area (TPSA) is 98.7 Å². The Morgan fingerprint density at radius 3 is 2.14 bits per heavy atom. The number of anilines is 2. The molecule has 1 unspecified atom stereocenters. The summed E-state index contributed by atoms with van der Waals surface area (Å²) in [6.07, 6.45) is 0.302. The smallest absolute Gasteiger partial charge is 0.274 e. The molecule has 0 aliphatic heterocycles. The molecule has 1 atom stereocenters. The number of benzene rings is 4. The quantitative estimate of drug-likeness (QED) is 0.274. The molecule has 0 aromatic heterocycles. The second kappa shape index (κ2) is 10.6. The number of carbonyl (C=O) groups excluding carboxylic acids is 3. The number of hydrogen-bond acceptors (Lipinski definition) is 4. The normalized spacial score (nSPS) is 11.5. The highest BCUT2D eigenvalue weighted by atomic mass is 16.5. The van der Waals surface area contributed by atoms with Crippen molar-refractivity contribution in [3.05, 3.63) is 108 Å². The molecule has 0 bridgehead atoms. The van der Waals surface area contributed by atoms with Gasteiger partial charge in [-0.25, -0.2) is 5.48 Å². The minimum absolute atomic E-state index is 0.243. The predicted octanol–water partition coefficient (Wildman–Crippen LogP) is 4.56. The fraction of sp³-hybridized carbons (Fsp3) is 0.107. The first-order valence-electron chi connectivity index (χ1n) is 11.1. The Kier molecular flexibility index (Phi) is 7.18. The molecule has 7 heteroatoms. The molecule has 3 amide bonds. The minimum Gasteiger partial charge on any atom is -0.324 e. The molecular formula is C28H25N3O4. The molecular weight excluding hydrogens is 442 g/mol. The highest BCUT2D eigenvalue weighted by Crippen LogP contribution is 2.23. The molecule has 7 nitrogen and oxygen atoms in total. The third-order valence-electron chi connectivity index (χ3n) is 5.75. The lowest BCUT2D eigenvalue weighted by atomic mass is 9.99. The van der Waals surface area contributed by atoms with Gasteiger partial charge in [0, 0.05) is 30.3 Å². The molecule has 3 N–H and O–H groups in total. The van der Waals surface area contributed by atoms with E-state index in [4.69, 9.17) is 5.21 Å². The lowest BCUT2D eigenvalue weighted by Gasteiger charge is -2.30. The Hall–Kier alpha value is -4.49. The lowest BCUT2D eigenvalue weighted by molar-refractivity contribution is -0.122. The average molecular weight is 468 g/mol. The summed E-state index contributed by atoms with van der Waals surface area (Å²) in [7, 11) is 0. The van der Waals surface area contributed by atoms with E-state index in [0.717, 1.165) is 16.3 Å². The van der Waals surface area contributed by atoms with Crippen LogP contribution in [0.2, 0.25) is 0 Å². The molecule has 35 heavy (non-hydrogen) atoms. The molecule has 0 saturated heterocycles. The molecule has 0 fully saturated rings. The van der Waals surface area contributed by atoms with Gasteiger partial charge in [0.15, 0.2) is 0 Å². The van der Waals surface area contributed by atoms with E-state index in [1.807, 2.05) is 60.7 Å². The summed E-state index contributed by atoms with van der Waals surface area (Å²) >= 11 is 0. The van der Waals surface area contributed by atoms with Crippen LogP contribution in [0.25, 0.3) is 10.8 Å². The first kappa shape index (κ1) is 23.7. The van der Waals surface area contributed by atoms with Gasteiger partial charge in [0.2, 0.25) is 11.8 Å². The van der Waals surface area contributed by atoms with Crippen molar-refractivity contribution in [1.82, 2.24) is 5.48 Å². The lowest BCUT2D eigenvalue weighted by Crippen LogP contribution is -2.48. The van der Waals surface area contributed by atoms with Crippen LogP contribution in [0.4, 0.5) is 11.4 Å². The molecule has 0 saturated carbocycles. The summed E-state index contributed by atoms with van der Waals surface area (Å²) in [6, 6.07) is 28.3. The van der Waals surface area contributed by atoms with Gasteiger partial charge < -0.3 is 5.32 Å². The predicted molar refractivity (Wildman–Crippen MR) is 135 cm³/mol. The van der Waals surface area contributed by atoms with Crippen LogP contribution in [-0.4, -0.2) is 29.0 Å². The molecule has 4 aromatic carbocycles. The van der Waals surface area contributed by atoms with E-state index in [1.54, 1.807) is 29.7 Å². The standard InChI is InChI=1S/C28H25N3O4/c1-19(32)31(25-9-3-2-4-10-25)26(18-20-11-12-21-7-5-6-8-23(21)17-20)28(34)29-24-15-13-22(14-16-24)27(33)30-35/h2-17,26,35H,18H2,1H3,(H,29,34)(H,30,33). The zero-order valence-electron chi connectivity index (χ0n) is 19.1. The largest absolute Gasteiger partial charge is 0.324 e. The van der Waals surface area contributed by atoms with Gasteiger partial charge in [-0.3, -0.25) is 24.5 Å². The maximum atomic E-state index is 13.6. The molecule has 0 aliphatic carbocycles. The van der Waals surface area contributed by atoms with Crippen LogP contribution in [0.1, 0.15) is 22.8 Å². The van der Waals surface area contributed by atoms with Gasteiger partial charge in [-0.05, 0) is 52.7 Å². The van der Waals surface area contributed by atoms with Crippen LogP contribution >= 0.6 is 0 Å². The molecule has 0 heterocycles. The van der Waals surface area contributed by atoms with Crippen LogP contribution in [0.3, 0.4) is 0 Å². The highest BCUT2D eigenvalue weighted by molar-refractivity contribution is 6.04. The van der Waals surface area contributed by atoms with Crippen LogP contribution < -0.4 is 15.7 Å². The molecule has 176 valence electrons. The van der Waals surface area contributed by atoms with Crippen molar-refractivity contribution in [1.29, 1.82) is 0 Å². The Morgan fingerprint density at radius 2 is 1.49 bits per heavy atom. The number of hydroxylamine groups is 1. The molecule has 0 aliphatic rings. The number of carbonyl (C=O) groups is 3. The zero-order chi connectivity index (χ0) is 24.8. The number of fused-ring (bicyclic) bond motifs is 1. The van der Waals surface area contributed by atoms with Gasteiger partial charge >= 0.3 is 0 Å². The van der Waals surface area contributed by atoms with E-state index >= 15 is 0 Å². The number of para-hydroxylation sites is 1. The third kappa shape index (κ3) is 5.54. The molecule has 4 rings (SSSR count). The molecule has 0 radical (unpaired) electrons. The maximum Gasteiger partial charge on any atom is 0.274 e. The van der Waals surface area contributed by atoms with Crippen LogP contribution in [0.15, 0.2) is 97.1 Å². The SMILES string of the molecule is CC(=O)N(c1ccccc1)C(Cc1ccc2ccccc2c1)C(=O)Nc1ccc(C(=O)NO)cc1. The Balaban J connectivity index is 1.67. The zero-order valence-corrected chi connectivity index (χ0v) is 19.1. The highest BCUT2D eigenvalue weighted by Gasteiger charge is 2.30. The van der Waals surface area contributed by atoms with E-state index in [2.05, 4.69) is 5.32 Å². The van der Waals surface area contributed by atoms with Crippen molar-refractivity contribution < 1.29 is 19.6 Å². The van der Waals surface area contributed by atoms with E-state index in [-0.39, 0.29) is 17.4 Å². The van der Waals surface area contributed by atoms with Crippen molar-refractivity contribution in [3.8, 4) is 0 Å². The Labute approximate surface area is 203 Å². The fourth-order valence-corrected chi connectivity index (χ4v) is 4.06. The number of nitrogens with one attached hydrogen (secondary N) is 2. The van der Waals surface area contributed by atoms with Crippen molar-refractivity contribution in [3.63, 3.8) is 0 Å². The van der Waals surface area contributed by atoms with E-state index in [0.29, 0.717) is 17.8 Å². The average Bonchev–Trinajstić information content (AvgIpc) is 2.88. The van der Waals surface area contributed by atoms with Gasteiger partial charge in [0.05, 0.1) is 0 Å². The minimum atomic E-state index is -0.823. The Morgan fingerprint density at radius 1 is 0.829 bits per heavy atom. The summed E-state index contributed by atoms with van der Waals surface area (Å²) in [6.45, 7) is 1.44. The summed E-state index contributed by atoms with van der Waals surface area (Å²) in [4.78, 5) is 39.4. The third-order valence-corrected chi connectivity index (χ3v) is 5.75. The number of hydrogen-bond donors (Lipinski definition) is 3. The second-order valence-corrected chi connectivity index (χ2v) is 8.13. The van der Waals surface area contributed by atoms with Gasteiger partial charge in [-0.15, -0.1) is 0 Å². The molecule has 0 spiro atoms. The maximum absolute atomic E-state index is 13.6. The van der Waals surface area contributed by atoms with Crippen LogP contribution in [0.5, 0.6) is 0 Å². The van der Waals surface area contributed by atoms with Crippen molar-refractivity contribution >= 4 is 39.9 Å². The first-order valence-corrected chi connectivity index (χ1v) is 11.1. The van der Waals surface area contributed by atoms with Crippen LogP contribution in [0, 0.1) is 0 Å². The number of nitrogens with zero attached hydrogens (tertiary/aromatic N) is 1. The number of amides is 3. The molecule has 4 aromatic rings. The van der Waals surface area contributed by atoms with Gasteiger partial charge in [0.25, 0.3) is 5.91 Å². The first-order chi connectivity index (χ1) is 17.0. The Bertz CT molecular complexity index is 1350. The van der Waals surface area contributed by atoms with Gasteiger partial charge in [0.1, 0.15) is 6.04 Å². The van der Waals surface area contributed by atoms with E-state index < -0.39 is 11.9 Å². The number of rotatable bonds is 7. The monoisotopic (exact) mass is 467 g/mol. The summed E-state index contributed by atoms with van der Waals surface area (Å²) in [5.41, 5.74) is 3.82. The van der Waals surface area contributed by atoms with Gasteiger partial charge in [-0.1, -0.05) is 60.7 Å². The fourth-order valence-electron chi connectivity index (χ4n) is 4.06. The van der Waals surface area contributed by atoms with Crippen LogP contribution in [-0.2, 0) is 16.0 Å². The van der Waals surface area contributed by atoms with Crippen molar-refractivity contribution in [2.75, 3.05) is 10.2 Å². The second-order valence-electron chi connectivity index (χ2n) is 8.13. The van der Waals surface area contributed by atoms with Crippen molar-refractivity contribution in [2.45, 2.75) is 19.4 Å². The summed E-state index contributed by atoms with van der Waals surface area (Å²) < 4.78 is 0. The van der Waals surface area contributed by atoms with Crippen molar-refractivity contribution in [2.24, 2.45) is 0 Å². The van der Waals surface area contributed by atoms with E-state index in [1.165, 1.54) is 24.0 Å².